The van der Waals surface area contributed by atoms with Gasteiger partial charge in [-0.05, 0) is 0 Å². The van der Waals surface area contributed by atoms with Gasteiger partial charge in [0.15, 0.2) is 0 Å². The summed E-state index contributed by atoms with van der Waals surface area (Å²) in [6.07, 6.45) is 0. The molecule has 26 valence electrons. The van der Waals surface area contributed by atoms with E-state index in [1.54, 1.807) is 0 Å². The van der Waals surface area contributed by atoms with E-state index in [4.69, 9.17) is 0 Å². The Kier molecular flexibility index (Phi) is 4.65. The molecular formula is C4H6Hf. The van der Waals surface area contributed by atoms with Gasteiger partial charge < -0.3 is 0 Å². The molecule has 0 aromatic rings. The fourth-order valence-electron chi connectivity index (χ4n) is 0.0833. The number of hydrogen-bond donors (Lipinski definition) is 0. The van der Waals surface area contributed by atoms with Crippen molar-refractivity contribution in [2.45, 2.75) is 0 Å². The van der Waals surface area contributed by atoms with Crippen molar-refractivity contribution in [3.8, 4) is 0 Å². The predicted molar refractivity (Wildman–Crippen MR) is 20.4 cm³/mol. The number of rotatable bonds is 2. The standard InChI is InChI=1S/2C2H3.Hf/c2*1-2;/h2*1H,2H2;. The van der Waals surface area contributed by atoms with Gasteiger partial charge >= 0.3 is 43.7 Å². The minimum absolute atomic E-state index is 0.423. The zero-order valence-corrected chi connectivity index (χ0v) is 6.66. The van der Waals surface area contributed by atoms with E-state index in [2.05, 4.69) is 13.2 Å². The van der Waals surface area contributed by atoms with Gasteiger partial charge in [0, 0.05) is 0 Å². The molecule has 0 unspecified atom stereocenters. The van der Waals surface area contributed by atoms with Crippen molar-refractivity contribution in [3.63, 3.8) is 0 Å². The van der Waals surface area contributed by atoms with E-state index in [1.165, 1.54) is 0 Å². The summed E-state index contributed by atoms with van der Waals surface area (Å²) >= 11 is -0.423. The Morgan fingerprint density at radius 3 is 1.60 bits per heavy atom. The summed E-state index contributed by atoms with van der Waals surface area (Å²) in [5.41, 5.74) is 0. The van der Waals surface area contributed by atoms with Crippen molar-refractivity contribution in [3.05, 3.63) is 20.8 Å². The monoisotopic (exact) mass is 234 g/mol. The maximum atomic E-state index is 3.57. The van der Waals surface area contributed by atoms with Crippen molar-refractivity contribution in [1.82, 2.24) is 0 Å². The molecule has 0 nitrogen and oxygen atoms in total. The summed E-state index contributed by atoms with van der Waals surface area (Å²) in [7, 11) is 0. The Morgan fingerprint density at radius 2 is 1.60 bits per heavy atom. The van der Waals surface area contributed by atoms with Gasteiger partial charge in [0.05, 0.1) is 0 Å². The van der Waals surface area contributed by atoms with Gasteiger partial charge in [-0.1, -0.05) is 0 Å². The summed E-state index contributed by atoms with van der Waals surface area (Å²) in [5.74, 6) is 0. The van der Waals surface area contributed by atoms with Crippen LogP contribution >= 0.6 is 0 Å². The summed E-state index contributed by atoms with van der Waals surface area (Å²) < 4.78 is 4.01. The first-order chi connectivity index (χ1) is 2.41. The Morgan fingerprint density at radius 1 is 1.20 bits per heavy atom. The van der Waals surface area contributed by atoms with E-state index < -0.39 is 22.9 Å². The molecule has 5 heavy (non-hydrogen) atoms. The van der Waals surface area contributed by atoms with E-state index in [0.717, 1.165) is 0 Å². The van der Waals surface area contributed by atoms with Crippen LogP contribution in [0.25, 0.3) is 0 Å². The average Bonchev–Trinajstić information content (AvgIpc) is 1.41. The Bertz CT molecular complexity index is 32.9. The van der Waals surface area contributed by atoms with Crippen molar-refractivity contribution in [2.75, 3.05) is 0 Å². The first kappa shape index (κ1) is 5.35. The zero-order valence-electron chi connectivity index (χ0n) is 3.07. The molecular weight excluding hydrogens is 227 g/mol. The van der Waals surface area contributed by atoms with Gasteiger partial charge in [0.25, 0.3) is 0 Å². The summed E-state index contributed by atoms with van der Waals surface area (Å²) in [6, 6.07) is 0. The van der Waals surface area contributed by atoms with Gasteiger partial charge in [-0.2, -0.15) is 0 Å². The molecule has 1 heteroatoms. The fraction of sp³-hybridized carbons (Fsp3) is 0. The maximum absolute atomic E-state index is 3.57. The second kappa shape index (κ2) is 4.35. The molecule has 0 fully saturated rings. The van der Waals surface area contributed by atoms with Crippen LogP contribution in [0.15, 0.2) is 20.8 Å². The van der Waals surface area contributed by atoms with Crippen LogP contribution in [0.5, 0.6) is 0 Å². The third-order valence-corrected chi connectivity index (χ3v) is 1.93. The molecule has 0 N–H and O–H groups in total. The molecule has 0 aromatic heterocycles. The van der Waals surface area contributed by atoms with Crippen LogP contribution < -0.4 is 0 Å². The molecule has 0 aliphatic heterocycles. The Labute approximate surface area is 43.9 Å². The Balaban J connectivity index is 2.65. The normalized spacial score (nSPS) is 5.60. The molecule has 0 heterocycles. The molecule has 0 spiro atoms. The molecule has 0 aliphatic carbocycles. The van der Waals surface area contributed by atoms with Gasteiger partial charge in [0.1, 0.15) is 0 Å². The molecule has 0 aliphatic rings. The van der Waals surface area contributed by atoms with E-state index in [0.29, 0.717) is 0 Å². The average molecular weight is 233 g/mol. The van der Waals surface area contributed by atoms with Crippen LogP contribution in [-0.2, 0) is 22.9 Å². The van der Waals surface area contributed by atoms with Gasteiger partial charge in [-0.25, -0.2) is 0 Å². The van der Waals surface area contributed by atoms with Crippen molar-refractivity contribution in [2.24, 2.45) is 0 Å². The van der Waals surface area contributed by atoms with E-state index in [1.807, 2.05) is 7.67 Å². The fourth-order valence-corrected chi connectivity index (χ4v) is 0.682. The van der Waals surface area contributed by atoms with E-state index in [-0.39, 0.29) is 0 Å². The third kappa shape index (κ3) is 4.35. The molecule has 0 bridgehead atoms. The van der Waals surface area contributed by atoms with Crippen LogP contribution in [0.3, 0.4) is 0 Å². The minimum atomic E-state index is -0.423. The molecule has 0 aromatic carbocycles. The first-order valence-corrected chi connectivity index (χ1v) is 5.54. The van der Waals surface area contributed by atoms with Crippen LogP contribution in [0.4, 0.5) is 0 Å². The summed E-state index contributed by atoms with van der Waals surface area (Å²) in [5, 5.41) is 0. The second-order valence-electron chi connectivity index (χ2n) is 0.575. The van der Waals surface area contributed by atoms with Crippen molar-refractivity contribution < 1.29 is 22.9 Å². The molecule has 0 amide bonds. The molecule has 0 saturated carbocycles. The topological polar surface area (TPSA) is 0 Å². The number of hydrogen-bond acceptors (Lipinski definition) is 0. The van der Waals surface area contributed by atoms with Gasteiger partial charge in [-0.3, -0.25) is 0 Å². The van der Waals surface area contributed by atoms with Crippen LogP contribution in [0.1, 0.15) is 0 Å². The second-order valence-corrected chi connectivity index (χ2v) is 4.71. The van der Waals surface area contributed by atoms with Crippen LogP contribution in [-0.4, -0.2) is 0 Å². The summed E-state index contributed by atoms with van der Waals surface area (Å²) in [4.78, 5) is 0. The van der Waals surface area contributed by atoms with Crippen LogP contribution in [0, 0.1) is 0 Å². The van der Waals surface area contributed by atoms with Crippen molar-refractivity contribution in [1.29, 1.82) is 0 Å². The molecule has 0 atom stereocenters. The van der Waals surface area contributed by atoms with E-state index in [9.17, 15) is 0 Å². The zero-order chi connectivity index (χ0) is 4.12. The third-order valence-electron chi connectivity index (χ3n) is 0.236. The molecule has 0 saturated heterocycles. The molecule has 0 radical (unpaired) electrons. The van der Waals surface area contributed by atoms with E-state index >= 15 is 0 Å². The van der Waals surface area contributed by atoms with Crippen LogP contribution in [0.2, 0.25) is 0 Å². The first-order valence-electron chi connectivity index (χ1n) is 1.39. The summed E-state index contributed by atoms with van der Waals surface area (Å²) in [6.45, 7) is 7.13. The Hall–Kier alpha value is 0.350. The quantitative estimate of drug-likeness (QED) is 0.631. The van der Waals surface area contributed by atoms with Crippen molar-refractivity contribution >= 4 is 0 Å². The van der Waals surface area contributed by atoms with Gasteiger partial charge in [-0.15, -0.1) is 0 Å². The SMILES string of the molecule is C=[CH][Hf][CH]=C. The predicted octanol–water partition coefficient (Wildman–Crippen LogP) is 1.36. The van der Waals surface area contributed by atoms with Gasteiger partial charge in [0.2, 0.25) is 0 Å². The molecule has 0 rings (SSSR count).